The number of aromatic nitrogens is 2. The Bertz CT molecular complexity index is 1440. The zero-order valence-electron chi connectivity index (χ0n) is 23.3. The fourth-order valence-corrected chi connectivity index (χ4v) is 6.34. The van der Waals surface area contributed by atoms with Gasteiger partial charge in [0.15, 0.2) is 0 Å². The molecule has 1 amide bonds. The number of benzene rings is 2. The monoisotopic (exact) mass is 597 g/mol. The number of nitrogens with one attached hydrogen (secondary N) is 1. The van der Waals surface area contributed by atoms with Gasteiger partial charge in [-0.15, -0.1) is 0 Å². The highest BCUT2D eigenvalue weighted by molar-refractivity contribution is 7.85. The maximum absolute atomic E-state index is 12.9. The summed E-state index contributed by atoms with van der Waals surface area (Å²) >= 11 is 0. The lowest BCUT2D eigenvalue weighted by atomic mass is 9.88. The topological polar surface area (TPSA) is 91.0 Å². The van der Waals surface area contributed by atoms with Gasteiger partial charge in [-0.25, -0.2) is 4.68 Å². The zero-order chi connectivity index (χ0) is 29.7. The number of carbonyl (C=O) groups is 1. The molecule has 6 rings (SSSR count). The molecule has 2 aromatic carbocycles. The summed E-state index contributed by atoms with van der Waals surface area (Å²) in [6.07, 6.45) is 6.24. The third kappa shape index (κ3) is 7.40. The lowest BCUT2D eigenvalue weighted by molar-refractivity contribution is -0.137. The van der Waals surface area contributed by atoms with Gasteiger partial charge in [0, 0.05) is 58.8 Å². The van der Waals surface area contributed by atoms with Gasteiger partial charge in [0.1, 0.15) is 5.54 Å². The van der Waals surface area contributed by atoms with Crippen molar-refractivity contribution in [1.82, 2.24) is 15.1 Å². The summed E-state index contributed by atoms with van der Waals surface area (Å²) < 4.78 is 51.7. The molecular weight excluding hydrogens is 563 g/mol. The first-order chi connectivity index (χ1) is 20.2. The Hall–Kier alpha value is -3.65. The normalized spacial score (nSPS) is 18.9. The third-order valence-electron chi connectivity index (χ3n) is 8.07. The molecular formula is C31H34F3N5O2S. The number of nitriles is 1. The van der Waals surface area contributed by atoms with E-state index in [4.69, 9.17) is 5.26 Å². The fraction of sp³-hybridized carbons (Fsp3) is 0.452. The molecule has 2 heterocycles. The minimum Gasteiger partial charge on any atom is -0.370 e. The van der Waals surface area contributed by atoms with Crippen molar-refractivity contribution in [2.24, 2.45) is 5.92 Å². The summed E-state index contributed by atoms with van der Waals surface area (Å²) in [6.45, 7) is 1.55. The second kappa shape index (κ2) is 12.7. The first-order valence-electron chi connectivity index (χ1n) is 14.3. The van der Waals surface area contributed by atoms with E-state index in [1.165, 1.54) is 17.2 Å². The highest BCUT2D eigenvalue weighted by Crippen LogP contribution is 2.35. The standard InChI is InChI=1S/C20H18F3N3OS.C11H16N2O/c21-20(22,23)17-2-1-3-19(12-17)26-14-16(13-24-26)15-4-6-18(7-5-15)25-8-10-28(27)11-9-25;12-8-11(6-7-11)13-10(14)9-4-2-1-3-5-9/h1-7,12-14H,8-11H2;9H,1-7H2,(H,13,14). The van der Waals surface area contributed by atoms with Crippen LogP contribution in [-0.4, -0.2) is 50.0 Å². The fourth-order valence-electron chi connectivity index (χ4n) is 5.29. The Labute approximate surface area is 246 Å². The van der Waals surface area contributed by atoms with E-state index in [2.05, 4.69) is 21.4 Å². The summed E-state index contributed by atoms with van der Waals surface area (Å²) in [5.41, 5.74) is 2.01. The maximum atomic E-state index is 12.9. The summed E-state index contributed by atoms with van der Waals surface area (Å²) in [5.74, 6) is 1.66. The van der Waals surface area contributed by atoms with Gasteiger partial charge < -0.3 is 10.2 Å². The molecule has 3 aromatic rings. The van der Waals surface area contributed by atoms with Crippen LogP contribution in [0.1, 0.15) is 50.5 Å². The molecule has 1 aliphatic heterocycles. The van der Waals surface area contributed by atoms with Crippen LogP contribution in [0.15, 0.2) is 60.9 Å². The van der Waals surface area contributed by atoms with E-state index in [0.717, 1.165) is 80.6 Å². The molecule has 3 fully saturated rings. The van der Waals surface area contributed by atoms with E-state index >= 15 is 0 Å². The summed E-state index contributed by atoms with van der Waals surface area (Å²) in [5, 5.41) is 15.9. The van der Waals surface area contributed by atoms with Crippen LogP contribution < -0.4 is 10.2 Å². The molecule has 7 nitrogen and oxygen atoms in total. The number of amides is 1. The van der Waals surface area contributed by atoms with E-state index in [1.54, 1.807) is 18.5 Å². The van der Waals surface area contributed by atoms with Crippen LogP contribution in [0.5, 0.6) is 0 Å². The summed E-state index contributed by atoms with van der Waals surface area (Å²) in [6, 6.07) is 15.2. The van der Waals surface area contributed by atoms with Crippen LogP contribution in [0.3, 0.4) is 0 Å². The number of rotatable bonds is 5. The quantitative estimate of drug-likeness (QED) is 0.398. The summed E-state index contributed by atoms with van der Waals surface area (Å²) in [7, 11) is -0.715. The van der Waals surface area contributed by atoms with Gasteiger partial charge in [0.25, 0.3) is 0 Å². The van der Waals surface area contributed by atoms with Crippen molar-refractivity contribution in [3.63, 3.8) is 0 Å². The molecule has 0 radical (unpaired) electrons. The molecule has 0 spiro atoms. The molecule has 3 aliphatic rings. The van der Waals surface area contributed by atoms with Gasteiger partial charge in [0.05, 0.1) is 23.5 Å². The van der Waals surface area contributed by atoms with Crippen molar-refractivity contribution < 1.29 is 22.2 Å². The highest BCUT2D eigenvalue weighted by Gasteiger charge is 2.45. The molecule has 42 heavy (non-hydrogen) atoms. The maximum Gasteiger partial charge on any atom is 0.416 e. The van der Waals surface area contributed by atoms with Crippen LogP contribution in [0, 0.1) is 17.2 Å². The van der Waals surface area contributed by atoms with Crippen LogP contribution in [0.25, 0.3) is 16.8 Å². The number of alkyl halides is 3. The first-order valence-corrected chi connectivity index (χ1v) is 15.8. The second-order valence-corrected chi connectivity index (χ2v) is 12.8. The molecule has 222 valence electrons. The number of halogens is 3. The van der Waals surface area contributed by atoms with Crippen molar-refractivity contribution in [2.45, 2.75) is 56.7 Å². The Morgan fingerprint density at radius 3 is 2.31 bits per heavy atom. The second-order valence-electron chi connectivity index (χ2n) is 11.1. The Kier molecular flexibility index (Phi) is 9.02. The number of carbonyl (C=O) groups excluding carboxylic acids is 1. The molecule has 2 aliphatic carbocycles. The van der Waals surface area contributed by atoms with Crippen molar-refractivity contribution in [3.8, 4) is 22.9 Å². The van der Waals surface area contributed by atoms with Crippen LogP contribution in [0.2, 0.25) is 0 Å². The lowest BCUT2D eigenvalue weighted by Crippen LogP contribution is -2.40. The molecule has 0 unspecified atom stereocenters. The van der Waals surface area contributed by atoms with Gasteiger partial charge >= 0.3 is 6.18 Å². The largest absolute Gasteiger partial charge is 0.416 e. The minimum atomic E-state index is -4.39. The molecule has 0 bridgehead atoms. The number of nitrogens with zero attached hydrogens (tertiary/aromatic N) is 4. The predicted molar refractivity (Wildman–Crippen MR) is 156 cm³/mol. The van der Waals surface area contributed by atoms with E-state index < -0.39 is 28.1 Å². The molecule has 0 atom stereocenters. The average molecular weight is 598 g/mol. The minimum absolute atomic E-state index is 0.115. The van der Waals surface area contributed by atoms with Gasteiger partial charge in [-0.2, -0.15) is 23.5 Å². The van der Waals surface area contributed by atoms with Crippen molar-refractivity contribution in [3.05, 3.63) is 66.5 Å². The van der Waals surface area contributed by atoms with E-state index in [-0.39, 0.29) is 11.8 Å². The molecule has 1 saturated heterocycles. The molecule has 1 aromatic heterocycles. The van der Waals surface area contributed by atoms with Gasteiger partial charge in [-0.05, 0) is 61.6 Å². The van der Waals surface area contributed by atoms with E-state index in [9.17, 15) is 22.2 Å². The SMILES string of the molecule is N#CC1(NC(=O)C2CCCCC2)CC1.O=S1CCN(c2ccc(-c3cnn(-c4cccc(C(F)(F)F)c4)c3)cc2)CC1. The first kappa shape index (κ1) is 29.8. The Balaban J connectivity index is 0.000000211. The number of hydrogen-bond acceptors (Lipinski definition) is 5. The van der Waals surface area contributed by atoms with E-state index in [0.29, 0.717) is 17.2 Å². The number of hydrogen-bond donors (Lipinski definition) is 1. The van der Waals surface area contributed by atoms with Crippen molar-refractivity contribution in [1.29, 1.82) is 5.26 Å². The highest BCUT2D eigenvalue weighted by atomic mass is 32.2. The molecule has 11 heteroatoms. The zero-order valence-corrected chi connectivity index (χ0v) is 24.1. The molecule has 2 saturated carbocycles. The number of anilines is 1. The smallest absolute Gasteiger partial charge is 0.370 e. The van der Waals surface area contributed by atoms with Crippen molar-refractivity contribution in [2.75, 3.05) is 29.5 Å². The van der Waals surface area contributed by atoms with Crippen LogP contribution in [-0.2, 0) is 21.8 Å². The lowest BCUT2D eigenvalue weighted by Gasteiger charge is -2.28. The Morgan fingerprint density at radius 1 is 1.00 bits per heavy atom. The third-order valence-corrected chi connectivity index (χ3v) is 9.34. The van der Waals surface area contributed by atoms with Gasteiger partial charge in [-0.1, -0.05) is 37.5 Å². The van der Waals surface area contributed by atoms with Gasteiger partial charge in [0.2, 0.25) is 5.91 Å². The van der Waals surface area contributed by atoms with Crippen molar-refractivity contribution >= 4 is 22.4 Å². The van der Waals surface area contributed by atoms with Gasteiger partial charge in [-0.3, -0.25) is 9.00 Å². The van der Waals surface area contributed by atoms with Crippen LogP contribution >= 0.6 is 0 Å². The van der Waals surface area contributed by atoms with Crippen LogP contribution in [0.4, 0.5) is 18.9 Å². The van der Waals surface area contributed by atoms with E-state index in [1.807, 2.05) is 24.3 Å². The summed E-state index contributed by atoms with van der Waals surface area (Å²) in [4.78, 5) is 14.0. The molecule has 1 N–H and O–H groups in total. The predicted octanol–water partition coefficient (Wildman–Crippen LogP) is 5.87. The Morgan fingerprint density at radius 2 is 1.69 bits per heavy atom. The average Bonchev–Trinajstić information content (AvgIpc) is 3.60.